The molecule has 1 aromatic carbocycles. The first kappa shape index (κ1) is 16.1. The molecule has 2 rings (SSSR count). The predicted molar refractivity (Wildman–Crippen MR) is 83.9 cm³/mol. The Hall–Kier alpha value is -3.29. The number of primary amides is 2. The van der Waals surface area contributed by atoms with Crippen LogP contribution in [-0.4, -0.2) is 29.5 Å². The van der Waals surface area contributed by atoms with Gasteiger partial charge in [-0.05, 0) is 31.2 Å². The Labute approximate surface area is 131 Å². The van der Waals surface area contributed by atoms with E-state index in [2.05, 4.69) is 10.3 Å². The van der Waals surface area contributed by atoms with Crippen molar-refractivity contribution >= 4 is 23.6 Å². The Kier molecular flexibility index (Phi) is 4.65. The van der Waals surface area contributed by atoms with Crippen LogP contribution in [0.4, 0.5) is 10.5 Å². The summed E-state index contributed by atoms with van der Waals surface area (Å²) in [5.41, 5.74) is 12.1. The Balaban J connectivity index is 2.54. The van der Waals surface area contributed by atoms with E-state index in [0.29, 0.717) is 11.3 Å². The van der Waals surface area contributed by atoms with Crippen LogP contribution in [0.15, 0.2) is 30.5 Å². The predicted octanol–water partition coefficient (Wildman–Crippen LogP) is 1.45. The third kappa shape index (κ3) is 3.49. The molecule has 120 valence electrons. The maximum Gasteiger partial charge on any atom is 0.338 e. The Morgan fingerprint density at radius 2 is 1.96 bits per heavy atom. The van der Waals surface area contributed by atoms with Gasteiger partial charge in [-0.25, -0.2) is 9.59 Å². The first-order valence-corrected chi connectivity index (χ1v) is 6.79. The summed E-state index contributed by atoms with van der Waals surface area (Å²) in [4.78, 5) is 37.4. The summed E-state index contributed by atoms with van der Waals surface area (Å²) < 4.78 is 4.92. The largest absolute Gasteiger partial charge is 0.462 e. The van der Waals surface area contributed by atoms with E-state index in [4.69, 9.17) is 16.2 Å². The second-order valence-electron chi connectivity index (χ2n) is 4.60. The number of hydrogen-bond donors (Lipinski definition) is 4. The van der Waals surface area contributed by atoms with Gasteiger partial charge in [0.1, 0.15) is 0 Å². The minimum absolute atomic E-state index is 0.224. The highest BCUT2D eigenvalue weighted by molar-refractivity contribution is 6.03. The zero-order valence-corrected chi connectivity index (χ0v) is 12.4. The molecule has 1 aromatic heterocycles. The van der Waals surface area contributed by atoms with Crippen molar-refractivity contribution in [3.8, 4) is 11.3 Å². The van der Waals surface area contributed by atoms with Gasteiger partial charge >= 0.3 is 12.0 Å². The van der Waals surface area contributed by atoms with Crippen LogP contribution in [0, 0.1) is 0 Å². The Bertz CT molecular complexity index is 767. The van der Waals surface area contributed by atoms with E-state index < -0.39 is 17.9 Å². The molecule has 0 bridgehead atoms. The van der Waals surface area contributed by atoms with E-state index in [1.807, 2.05) is 0 Å². The van der Waals surface area contributed by atoms with Gasteiger partial charge in [0.25, 0.3) is 5.91 Å². The SMILES string of the molecule is CCOC(=O)c1ccc(-c2[nH]ccc2C(N)=O)c(NC(N)=O)c1. The number of hydrogen-bond acceptors (Lipinski definition) is 4. The van der Waals surface area contributed by atoms with Gasteiger partial charge in [0.2, 0.25) is 0 Å². The van der Waals surface area contributed by atoms with E-state index in [1.54, 1.807) is 19.2 Å². The molecule has 0 saturated carbocycles. The maximum atomic E-state index is 11.8. The van der Waals surface area contributed by atoms with E-state index in [-0.39, 0.29) is 23.4 Å². The fourth-order valence-electron chi connectivity index (χ4n) is 2.14. The number of aromatic nitrogens is 1. The molecule has 1 heterocycles. The van der Waals surface area contributed by atoms with Crippen LogP contribution in [0.1, 0.15) is 27.6 Å². The maximum absolute atomic E-state index is 11.8. The minimum Gasteiger partial charge on any atom is -0.462 e. The van der Waals surface area contributed by atoms with Crippen LogP contribution in [0.2, 0.25) is 0 Å². The van der Waals surface area contributed by atoms with Crippen LogP contribution in [-0.2, 0) is 4.74 Å². The van der Waals surface area contributed by atoms with Crippen molar-refractivity contribution in [3.63, 3.8) is 0 Å². The lowest BCUT2D eigenvalue weighted by atomic mass is 10.0. The van der Waals surface area contributed by atoms with Gasteiger partial charge < -0.3 is 26.5 Å². The molecule has 0 unspecified atom stereocenters. The number of nitrogens with two attached hydrogens (primary N) is 2. The van der Waals surface area contributed by atoms with Crippen LogP contribution in [0.5, 0.6) is 0 Å². The summed E-state index contributed by atoms with van der Waals surface area (Å²) in [5, 5.41) is 2.42. The molecule has 0 radical (unpaired) electrons. The summed E-state index contributed by atoms with van der Waals surface area (Å²) >= 11 is 0. The molecule has 8 heteroatoms. The van der Waals surface area contributed by atoms with Crippen molar-refractivity contribution in [1.82, 2.24) is 4.98 Å². The summed E-state index contributed by atoms with van der Waals surface area (Å²) in [6, 6.07) is 5.22. The summed E-state index contributed by atoms with van der Waals surface area (Å²) in [6.07, 6.45) is 1.54. The topological polar surface area (TPSA) is 140 Å². The highest BCUT2D eigenvalue weighted by Crippen LogP contribution is 2.30. The zero-order chi connectivity index (χ0) is 17.0. The smallest absolute Gasteiger partial charge is 0.338 e. The van der Waals surface area contributed by atoms with Crippen molar-refractivity contribution < 1.29 is 19.1 Å². The van der Waals surface area contributed by atoms with E-state index in [9.17, 15) is 14.4 Å². The fourth-order valence-corrected chi connectivity index (χ4v) is 2.14. The number of H-pyrrole nitrogens is 1. The van der Waals surface area contributed by atoms with Gasteiger partial charge in [-0.2, -0.15) is 0 Å². The Morgan fingerprint density at radius 3 is 2.57 bits per heavy atom. The number of aromatic amines is 1. The van der Waals surface area contributed by atoms with E-state index >= 15 is 0 Å². The second-order valence-corrected chi connectivity index (χ2v) is 4.60. The molecule has 0 aliphatic carbocycles. The van der Waals surface area contributed by atoms with Crippen LogP contribution in [0.3, 0.4) is 0 Å². The second kappa shape index (κ2) is 6.65. The highest BCUT2D eigenvalue weighted by Gasteiger charge is 2.17. The summed E-state index contributed by atoms with van der Waals surface area (Å²) in [5.74, 6) is -1.16. The lowest BCUT2D eigenvalue weighted by Crippen LogP contribution is -2.20. The first-order chi connectivity index (χ1) is 10.9. The zero-order valence-electron chi connectivity index (χ0n) is 12.4. The quantitative estimate of drug-likeness (QED) is 0.619. The molecule has 0 fully saturated rings. The lowest BCUT2D eigenvalue weighted by Gasteiger charge is -2.12. The molecule has 6 N–H and O–H groups in total. The standard InChI is InChI=1S/C15H16N4O4/c1-2-23-14(21)8-3-4-9(11(7-8)19-15(17)22)12-10(13(16)20)5-6-18-12/h3-7,18H,2H2,1H3,(H2,16,20)(H3,17,19,22). The average molecular weight is 316 g/mol. The monoisotopic (exact) mass is 316 g/mol. The number of esters is 1. The third-order valence-electron chi connectivity index (χ3n) is 3.07. The average Bonchev–Trinajstić information content (AvgIpc) is 2.96. The molecule has 0 saturated heterocycles. The van der Waals surface area contributed by atoms with Gasteiger partial charge in [-0.15, -0.1) is 0 Å². The molecule has 3 amide bonds. The number of carbonyl (C=O) groups is 3. The summed E-state index contributed by atoms with van der Waals surface area (Å²) in [6.45, 7) is 1.91. The van der Waals surface area contributed by atoms with E-state index in [0.717, 1.165) is 0 Å². The van der Waals surface area contributed by atoms with Crippen molar-refractivity contribution in [2.45, 2.75) is 6.92 Å². The van der Waals surface area contributed by atoms with Gasteiger partial charge in [-0.3, -0.25) is 4.79 Å². The molecule has 0 aliphatic heterocycles. The third-order valence-corrected chi connectivity index (χ3v) is 3.07. The van der Waals surface area contributed by atoms with Gasteiger partial charge in [0, 0.05) is 11.8 Å². The Morgan fingerprint density at radius 1 is 1.22 bits per heavy atom. The van der Waals surface area contributed by atoms with E-state index in [1.165, 1.54) is 18.2 Å². The number of nitrogens with one attached hydrogen (secondary N) is 2. The number of benzene rings is 1. The van der Waals surface area contributed by atoms with Gasteiger partial charge in [-0.1, -0.05) is 0 Å². The fraction of sp³-hybridized carbons (Fsp3) is 0.133. The van der Waals surface area contributed by atoms with Gasteiger partial charge in [0.05, 0.1) is 29.1 Å². The number of ether oxygens (including phenoxy) is 1. The lowest BCUT2D eigenvalue weighted by molar-refractivity contribution is 0.0526. The highest BCUT2D eigenvalue weighted by atomic mass is 16.5. The van der Waals surface area contributed by atoms with Crippen molar-refractivity contribution in [2.75, 3.05) is 11.9 Å². The molecule has 2 aromatic rings. The molecular weight excluding hydrogens is 300 g/mol. The molecule has 23 heavy (non-hydrogen) atoms. The number of urea groups is 1. The first-order valence-electron chi connectivity index (χ1n) is 6.79. The molecular formula is C15H16N4O4. The minimum atomic E-state index is -0.806. The molecule has 0 spiro atoms. The van der Waals surface area contributed by atoms with Crippen molar-refractivity contribution in [2.24, 2.45) is 11.5 Å². The van der Waals surface area contributed by atoms with Crippen LogP contribution >= 0.6 is 0 Å². The normalized spacial score (nSPS) is 10.1. The number of anilines is 1. The van der Waals surface area contributed by atoms with Crippen LogP contribution < -0.4 is 16.8 Å². The van der Waals surface area contributed by atoms with Gasteiger partial charge in [0.15, 0.2) is 0 Å². The van der Waals surface area contributed by atoms with Crippen molar-refractivity contribution in [1.29, 1.82) is 0 Å². The number of rotatable bonds is 5. The number of carbonyl (C=O) groups excluding carboxylic acids is 3. The van der Waals surface area contributed by atoms with Crippen LogP contribution in [0.25, 0.3) is 11.3 Å². The number of amides is 3. The van der Waals surface area contributed by atoms with Crippen molar-refractivity contribution in [3.05, 3.63) is 41.6 Å². The molecule has 0 aliphatic rings. The molecule has 8 nitrogen and oxygen atoms in total. The molecule has 0 atom stereocenters. The summed E-state index contributed by atoms with van der Waals surface area (Å²) in [7, 11) is 0.